The van der Waals surface area contributed by atoms with Gasteiger partial charge in [0.1, 0.15) is 0 Å². The first-order chi connectivity index (χ1) is 11.0. The van der Waals surface area contributed by atoms with E-state index in [0.717, 1.165) is 25.7 Å². The van der Waals surface area contributed by atoms with Gasteiger partial charge >= 0.3 is 6.03 Å². The van der Waals surface area contributed by atoms with Gasteiger partial charge in [0.25, 0.3) is 0 Å². The molecule has 3 amide bonds. The van der Waals surface area contributed by atoms with E-state index in [4.69, 9.17) is 5.73 Å². The zero-order valence-corrected chi connectivity index (χ0v) is 14.5. The number of nitrogens with one attached hydrogen (secondary N) is 2. The molecule has 0 bridgehead atoms. The third kappa shape index (κ3) is 5.37. The Morgan fingerprint density at radius 1 is 0.957 bits per heavy atom. The Kier molecular flexibility index (Phi) is 6.69. The highest BCUT2D eigenvalue weighted by atomic mass is 16.2. The number of hydrogen-bond acceptors (Lipinski definition) is 3. The summed E-state index contributed by atoms with van der Waals surface area (Å²) in [4.78, 5) is 26.1. The maximum atomic E-state index is 12.2. The van der Waals surface area contributed by atoms with Crippen molar-refractivity contribution in [2.24, 2.45) is 11.7 Å². The van der Waals surface area contributed by atoms with Gasteiger partial charge in [-0.2, -0.15) is 0 Å². The van der Waals surface area contributed by atoms with E-state index in [2.05, 4.69) is 10.6 Å². The van der Waals surface area contributed by atoms with Crippen molar-refractivity contribution in [3.05, 3.63) is 0 Å². The molecule has 1 atom stereocenters. The van der Waals surface area contributed by atoms with Crippen LogP contribution in [0.4, 0.5) is 4.79 Å². The van der Waals surface area contributed by atoms with Gasteiger partial charge < -0.3 is 21.3 Å². The molecule has 2 rings (SSSR count). The van der Waals surface area contributed by atoms with Gasteiger partial charge in [-0.1, -0.05) is 33.1 Å². The minimum Gasteiger partial charge on any atom is -0.341 e. The molecular formula is C17H32N4O2. The summed E-state index contributed by atoms with van der Waals surface area (Å²) in [7, 11) is 0. The minimum atomic E-state index is -0.422. The molecule has 6 nitrogen and oxygen atoms in total. The van der Waals surface area contributed by atoms with Crippen molar-refractivity contribution >= 4 is 11.9 Å². The molecule has 1 aliphatic carbocycles. The fourth-order valence-corrected chi connectivity index (χ4v) is 3.40. The highest BCUT2D eigenvalue weighted by Crippen LogP contribution is 2.17. The lowest BCUT2D eigenvalue weighted by Crippen LogP contribution is -2.54. The predicted molar refractivity (Wildman–Crippen MR) is 91.0 cm³/mol. The summed E-state index contributed by atoms with van der Waals surface area (Å²) in [5.74, 6) is 0.185. The standard InChI is InChI=1S/C17H32N4O2/c1-12(2)15(18)16(22)21-10-8-14(9-11-21)20-17(23)19-13-6-4-3-5-7-13/h12-15H,3-11,18H2,1-2H3,(H2,19,20,23)/t15-/m0/s1. The number of carbonyl (C=O) groups is 2. The number of nitrogens with two attached hydrogens (primary N) is 1. The van der Waals surface area contributed by atoms with Crippen molar-refractivity contribution in [2.45, 2.75) is 76.9 Å². The molecule has 1 heterocycles. The number of rotatable bonds is 4. The Bertz CT molecular complexity index is 399. The minimum absolute atomic E-state index is 0.0325. The molecule has 1 saturated carbocycles. The maximum absolute atomic E-state index is 12.2. The lowest BCUT2D eigenvalue weighted by atomic mass is 9.96. The van der Waals surface area contributed by atoms with Crippen LogP contribution in [0.3, 0.4) is 0 Å². The number of likely N-dealkylation sites (tertiary alicyclic amines) is 1. The molecule has 0 spiro atoms. The summed E-state index contributed by atoms with van der Waals surface area (Å²) < 4.78 is 0. The second-order valence-corrected chi connectivity index (χ2v) is 7.32. The average molecular weight is 324 g/mol. The van der Waals surface area contributed by atoms with Gasteiger partial charge in [-0.05, 0) is 31.6 Å². The van der Waals surface area contributed by atoms with Crippen molar-refractivity contribution in [1.82, 2.24) is 15.5 Å². The fourth-order valence-electron chi connectivity index (χ4n) is 3.40. The van der Waals surface area contributed by atoms with Gasteiger partial charge in [0, 0.05) is 25.2 Å². The van der Waals surface area contributed by atoms with E-state index in [9.17, 15) is 9.59 Å². The topological polar surface area (TPSA) is 87.5 Å². The van der Waals surface area contributed by atoms with Gasteiger partial charge in [0.05, 0.1) is 6.04 Å². The molecule has 0 unspecified atom stereocenters. The molecule has 1 aliphatic heterocycles. The Morgan fingerprint density at radius 3 is 2.00 bits per heavy atom. The second-order valence-electron chi connectivity index (χ2n) is 7.32. The van der Waals surface area contributed by atoms with Crippen molar-refractivity contribution in [1.29, 1.82) is 0 Å². The molecular weight excluding hydrogens is 292 g/mol. The van der Waals surface area contributed by atoms with E-state index in [1.165, 1.54) is 19.3 Å². The van der Waals surface area contributed by atoms with Crippen molar-refractivity contribution in [3.63, 3.8) is 0 Å². The average Bonchev–Trinajstić information content (AvgIpc) is 2.55. The van der Waals surface area contributed by atoms with Gasteiger partial charge in [0.15, 0.2) is 0 Å². The van der Waals surface area contributed by atoms with E-state index < -0.39 is 6.04 Å². The van der Waals surface area contributed by atoms with Gasteiger partial charge in [-0.15, -0.1) is 0 Å². The van der Waals surface area contributed by atoms with Crippen LogP contribution in [0.1, 0.15) is 58.8 Å². The quantitative estimate of drug-likeness (QED) is 0.734. The second kappa shape index (κ2) is 8.52. The number of hydrogen-bond donors (Lipinski definition) is 3. The maximum Gasteiger partial charge on any atom is 0.315 e. The van der Waals surface area contributed by atoms with Crippen molar-refractivity contribution < 1.29 is 9.59 Å². The largest absolute Gasteiger partial charge is 0.341 e. The van der Waals surface area contributed by atoms with Gasteiger partial charge in [-0.3, -0.25) is 4.79 Å². The summed E-state index contributed by atoms with van der Waals surface area (Å²) >= 11 is 0. The van der Waals surface area contributed by atoms with Crippen LogP contribution in [-0.2, 0) is 4.79 Å². The molecule has 1 saturated heterocycles. The highest BCUT2D eigenvalue weighted by molar-refractivity contribution is 5.82. The van der Waals surface area contributed by atoms with Crippen LogP contribution in [0, 0.1) is 5.92 Å². The summed E-state index contributed by atoms with van der Waals surface area (Å²) in [6, 6.07) is 0.00189. The number of urea groups is 1. The normalized spacial score (nSPS) is 22.0. The van der Waals surface area contributed by atoms with Crippen LogP contribution in [0.2, 0.25) is 0 Å². The molecule has 23 heavy (non-hydrogen) atoms. The smallest absolute Gasteiger partial charge is 0.315 e. The summed E-state index contributed by atoms with van der Waals surface area (Å²) in [6.07, 6.45) is 7.48. The van der Waals surface area contributed by atoms with E-state index in [0.29, 0.717) is 19.1 Å². The molecule has 2 aliphatic rings. The SMILES string of the molecule is CC(C)[C@H](N)C(=O)N1CCC(NC(=O)NC2CCCCC2)CC1. The summed E-state index contributed by atoms with van der Waals surface area (Å²) in [6.45, 7) is 5.28. The Labute approximate surface area is 139 Å². The summed E-state index contributed by atoms with van der Waals surface area (Å²) in [5, 5.41) is 6.14. The third-order valence-electron chi connectivity index (χ3n) is 5.09. The van der Waals surface area contributed by atoms with E-state index in [1.54, 1.807) is 0 Å². The first-order valence-corrected chi connectivity index (χ1v) is 9.08. The molecule has 0 aromatic heterocycles. The lowest BCUT2D eigenvalue weighted by molar-refractivity contribution is -0.134. The predicted octanol–water partition coefficient (Wildman–Crippen LogP) is 1.59. The first kappa shape index (κ1) is 18.0. The van der Waals surface area contributed by atoms with Crippen LogP contribution in [0.15, 0.2) is 0 Å². The molecule has 0 aromatic rings. The summed E-state index contributed by atoms with van der Waals surface area (Å²) in [5.41, 5.74) is 5.94. The zero-order chi connectivity index (χ0) is 16.8. The lowest BCUT2D eigenvalue weighted by Gasteiger charge is -2.35. The fraction of sp³-hybridized carbons (Fsp3) is 0.882. The number of nitrogens with zero attached hydrogens (tertiary/aromatic N) is 1. The third-order valence-corrected chi connectivity index (χ3v) is 5.09. The van der Waals surface area contributed by atoms with E-state index in [-0.39, 0.29) is 23.9 Å². The van der Waals surface area contributed by atoms with Crippen molar-refractivity contribution in [3.8, 4) is 0 Å². The Balaban J connectivity index is 1.69. The van der Waals surface area contributed by atoms with E-state index in [1.807, 2.05) is 18.7 Å². The van der Waals surface area contributed by atoms with Crippen LogP contribution in [-0.4, -0.2) is 48.1 Å². The number of carbonyl (C=O) groups excluding carboxylic acids is 2. The first-order valence-electron chi connectivity index (χ1n) is 9.08. The van der Waals surface area contributed by atoms with Crippen LogP contribution in [0.5, 0.6) is 0 Å². The molecule has 0 radical (unpaired) electrons. The number of amides is 3. The number of piperidine rings is 1. The van der Waals surface area contributed by atoms with Crippen LogP contribution >= 0.6 is 0 Å². The monoisotopic (exact) mass is 324 g/mol. The molecule has 6 heteroatoms. The van der Waals surface area contributed by atoms with E-state index >= 15 is 0 Å². The van der Waals surface area contributed by atoms with Crippen LogP contribution in [0.25, 0.3) is 0 Å². The molecule has 132 valence electrons. The Morgan fingerprint density at radius 2 is 1.48 bits per heavy atom. The molecule has 0 aromatic carbocycles. The molecule has 4 N–H and O–H groups in total. The van der Waals surface area contributed by atoms with Gasteiger partial charge in [0.2, 0.25) is 5.91 Å². The zero-order valence-electron chi connectivity index (χ0n) is 14.5. The Hall–Kier alpha value is -1.30. The van der Waals surface area contributed by atoms with Crippen molar-refractivity contribution in [2.75, 3.05) is 13.1 Å². The highest BCUT2D eigenvalue weighted by Gasteiger charge is 2.28. The molecule has 2 fully saturated rings. The van der Waals surface area contributed by atoms with Crippen LogP contribution < -0.4 is 16.4 Å². The van der Waals surface area contributed by atoms with Gasteiger partial charge in [-0.25, -0.2) is 4.79 Å².